The molecule has 1 aliphatic heterocycles. The van der Waals surface area contributed by atoms with Gasteiger partial charge in [0.05, 0.1) is 0 Å². The van der Waals surface area contributed by atoms with Gasteiger partial charge in [-0.3, -0.25) is 9.59 Å². The maximum Gasteiger partial charge on any atom is 0.323 e. The van der Waals surface area contributed by atoms with Gasteiger partial charge < -0.3 is 14.7 Å². The summed E-state index contributed by atoms with van der Waals surface area (Å²) in [5, 5.41) is 9.11. The largest absolute Gasteiger partial charge is 0.480 e. The third-order valence-corrected chi connectivity index (χ3v) is 4.63. The van der Waals surface area contributed by atoms with Gasteiger partial charge in [0.2, 0.25) is 5.91 Å². The van der Waals surface area contributed by atoms with Gasteiger partial charge in [-0.2, -0.15) is 0 Å². The van der Waals surface area contributed by atoms with E-state index in [-0.39, 0.29) is 36.1 Å². The molecule has 1 saturated carbocycles. The molecule has 1 amide bonds. The van der Waals surface area contributed by atoms with E-state index in [2.05, 4.69) is 0 Å². The number of carbonyl (C=O) groups is 2. The Morgan fingerprint density at radius 3 is 2.48 bits per heavy atom. The molecule has 0 bridgehead atoms. The van der Waals surface area contributed by atoms with Crippen molar-refractivity contribution < 1.29 is 23.8 Å². The summed E-state index contributed by atoms with van der Waals surface area (Å²) >= 11 is 0. The van der Waals surface area contributed by atoms with Crippen LogP contribution in [0.1, 0.15) is 30.7 Å². The topological polar surface area (TPSA) is 66.8 Å². The van der Waals surface area contributed by atoms with Gasteiger partial charge >= 0.3 is 5.97 Å². The fraction of sp³-hybridized carbons (Fsp3) is 0.529. The van der Waals surface area contributed by atoms with Crippen molar-refractivity contribution in [2.24, 2.45) is 5.92 Å². The van der Waals surface area contributed by atoms with Crippen molar-refractivity contribution in [2.45, 2.75) is 31.2 Å². The van der Waals surface area contributed by atoms with Crippen LogP contribution in [0.5, 0.6) is 0 Å². The minimum absolute atomic E-state index is 0.0678. The molecule has 1 aromatic carbocycles. The van der Waals surface area contributed by atoms with Crippen LogP contribution in [0, 0.1) is 11.7 Å². The highest BCUT2D eigenvalue weighted by molar-refractivity contribution is 5.86. The molecule has 2 atom stereocenters. The predicted octanol–water partition coefficient (Wildman–Crippen LogP) is 2.02. The Bertz CT molecular complexity index is 583. The summed E-state index contributed by atoms with van der Waals surface area (Å²) in [4.78, 5) is 25.4. The van der Waals surface area contributed by atoms with E-state index in [0.29, 0.717) is 32.5 Å². The lowest BCUT2D eigenvalue weighted by Crippen LogP contribution is -2.46. The Morgan fingerprint density at radius 1 is 1.22 bits per heavy atom. The predicted molar refractivity (Wildman–Crippen MR) is 80.4 cm³/mol. The van der Waals surface area contributed by atoms with Crippen LogP contribution < -0.4 is 0 Å². The number of carboxylic acids is 1. The van der Waals surface area contributed by atoms with E-state index in [0.717, 1.165) is 5.56 Å². The van der Waals surface area contributed by atoms with Crippen LogP contribution >= 0.6 is 0 Å². The molecule has 1 saturated heterocycles. The first-order chi connectivity index (χ1) is 11.1. The molecule has 2 aliphatic rings. The van der Waals surface area contributed by atoms with Crippen molar-refractivity contribution in [3.05, 3.63) is 35.6 Å². The number of amides is 1. The van der Waals surface area contributed by atoms with Crippen LogP contribution in [0.3, 0.4) is 0 Å². The number of aliphatic carboxylic acids is 1. The third-order valence-electron chi connectivity index (χ3n) is 4.63. The standard InChI is InChI=1S/C17H20FNO4/c18-12-3-1-11(2-4-12)14-9-15(14)17(22)19(10-16(20)21)13-5-7-23-8-6-13/h1-4,13-15H,5-10H2,(H,20,21)/t14-,15+/m0/s1. The number of hydrogen-bond acceptors (Lipinski definition) is 3. The van der Waals surface area contributed by atoms with Crippen molar-refractivity contribution >= 4 is 11.9 Å². The van der Waals surface area contributed by atoms with Crippen LogP contribution in [0.25, 0.3) is 0 Å². The molecular weight excluding hydrogens is 301 g/mol. The van der Waals surface area contributed by atoms with Gasteiger partial charge in [-0.1, -0.05) is 12.1 Å². The maximum atomic E-state index is 13.0. The van der Waals surface area contributed by atoms with Gasteiger partial charge in [0.1, 0.15) is 12.4 Å². The Kier molecular flexibility index (Phi) is 4.61. The highest BCUT2D eigenvalue weighted by Crippen LogP contribution is 2.48. The van der Waals surface area contributed by atoms with E-state index in [1.54, 1.807) is 12.1 Å². The van der Waals surface area contributed by atoms with Gasteiger partial charge in [-0.25, -0.2) is 4.39 Å². The number of carboxylic acid groups (broad SMARTS) is 1. The highest BCUT2D eigenvalue weighted by atomic mass is 19.1. The molecule has 0 spiro atoms. The summed E-state index contributed by atoms with van der Waals surface area (Å²) in [6, 6.07) is 6.11. The Morgan fingerprint density at radius 2 is 1.87 bits per heavy atom. The van der Waals surface area contributed by atoms with Crippen molar-refractivity contribution in [2.75, 3.05) is 19.8 Å². The van der Waals surface area contributed by atoms with E-state index >= 15 is 0 Å². The maximum absolute atomic E-state index is 13.0. The lowest BCUT2D eigenvalue weighted by Gasteiger charge is -2.33. The average Bonchev–Trinajstić information content (AvgIpc) is 3.34. The molecular formula is C17H20FNO4. The fourth-order valence-corrected chi connectivity index (χ4v) is 3.29. The minimum atomic E-state index is -0.996. The first kappa shape index (κ1) is 15.9. The number of halogens is 1. The number of hydrogen-bond donors (Lipinski definition) is 1. The monoisotopic (exact) mass is 321 g/mol. The molecule has 1 heterocycles. The van der Waals surface area contributed by atoms with E-state index in [9.17, 15) is 14.0 Å². The van der Waals surface area contributed by atoms with Crippen LogP contribution in [0.4, 0.5) is 4.39 Å². The number of ether oxygens (including phenoxy) is 1. The first-order valence-corrected chi connectivity index (χ1v) is 7.91. The molecule has 1 N–H and O–H groups in total. The summed E-state index contributed by atoms with van der Waals surface area (Å²) in [6.45, 7) is 0.844. The second kappa shape index (κ2) is 6.66. The van der Waals surface area contributed by atoms with Gasteiger partial charge in [0, 0.05) is 25.2 Å². The zero-order valence-electron chi connectivity index (χ0n) is 12.8. The zero-order valence-corrected chi connectivity index (χ0v) is 12.8. The van der Waals surface area contributed by atoms with E-state index in [4.69, 9.17) is 9.84 Å². The first-order valence-electron chi connectivity index (χ1n) is 7.91. The third kappa shape index (κ3) is 3.69. The summed E-state index contributed by atoms with van der Waals surface area (Å²) < 4.78 is 18.3. The molecule has 2 fully saturated rings. The summed E-state index contributed by atoms with van der Waals surface area (Å²) in [5.41, 5.74) is 0.937. The van der Waals surface area contributed by atoms with Crippen LogP contribution in [-0.2, 0) is 14.3 Å². The Hall–Kier alpha value is -1.95. The second-order valence-corrected chi connectivity index (χ2v) is 6.20. The Balaban J connectivity index is 1.68. The molecule has 23 heavy (non-hydrogen) atoms. The highest BCUT2D eigenvalue weighted by Gasteiger charge is 2.47. The van der Waals surface area contributed by atoms with Crippen molar-refractivity contribution in [1.82, 2.24) is 4.90 Å². The molecule has 0 unspecified atom stereocenters. The van der Waals surface area contributed by atoms with Crippen molar-refractivity contribution in [3.63, 3.8) is 0 Å². The molecule has 3 rings (SSSR count). The van der Waals surface area contributed by atoms with Gasteiger partial charge in [0.15, 0.2) is 0 Å². The summed E-state index contributed by atoms with van der Waals surface area (Å²) in [7, 11) is 0. The normalized spacial score (nSPS) is 24.2. The lowest BCUT2D eigenvalue weighted by molar-refractivity contribution is -0.148. The van der Waals surface area contributed by atoms with E-state index < -0.39 is 5.97 Å². The number of benzene rings is 1. The van der Waals surface area contributed by atoms with E-state index in [1.165, 1.54) is 17.0 Å². The number of rotatable bonds is 5. The molecule has 6 heteroatoms. The molecule has 0 aromatic heterocycles. The molecule has 0 radical (unpaired) electrons. The van der Waals surface area contributed by atoms with Gasteiger partial charge in [-0.05, 0) is 42.9 Å². The number of nitrogens with zero attached hydrogens (tertiary/aromatic N) is 1. The quantitative estimate of drug-likeness (QED) is 0.901. The summed E-state index contributed by atoms with van der Waals surface area (Å²) in [5.74, 6) is -1.52. The molecule has 1 aliphatic carbocycles. The fourth-order valence-electron chi connectivity index (χ4n) is 3.29. The lowest BCUT2D eigenvalue weighted by atomic mass is 10.0. The van der Waals surface area contributed by atoms with Crippen LogP contribution in [0.2, 0.25) is 0 Å². The van der Waals surface area contributed by atoms with Gasteiger partial charge in [-0.15, -0.1) is 0 Å². The number of carbonyl (C=O) groups excluding carboxylic acids is 1. The minimum Gasteiger partial charge on any atom is -0.480 e. The van der Waals surface area contributed by atoms with Crippen LogP contribution in [-0.4, -0.2) is 47.7 Å². The smallest absolute Gasteiger partial charge is 0.323 e. The SMILES string of the molecule is O=C(O)CN(C(=O)[C@@H]1C[C@H]1c1ccc(F)cc1)C1CCOCC1. The molecule has 124 valence electrons. The zero-order chi connectivity index (χ0) is 16.4. The van der Waals surface area contributed by atoms with Crippen molar-refractivity contribution in [1.29, 1.82) is 0 Å². The molecule has 5 nitrogen and oxygen atoms in total. The second-order valence-electron chi connectivity index (χ2n) is 6.20. The molecule has 1 aromatic rings. The van der Waals surface area contributed by atoms with Crippen molar-refractivity contribution in [3.8, 4) is 0 Å². The average molecular weight is 321 g/mol. The Labute approximate surface area is 134 Å². The summed E-state index contributed by atoms with van der Waals surface area (Å²) in [6.07, 6.45) is 2.05. The van der Waals surface area contributed by atoms with E-state index in [1.807, 2.05) is 0 Å². The van der Waals surface area contributed by atoms with Crippen LogP contribution in [0.15, 0.2) is 24.3 Å². The van der Waals surface area contributed by atoms with Gasteiger partial charge in [0.25, 0.3) is 0 Å².